The van der Waals surface area contributed by atoms with E-state index < -0.39 is 48.3 Å². The molecular weight excluding hydrogens is 310 g/mol. The summed E-state index contributed by atoms with van der Waals surface area (Å²) < 4.78 is 15.6. The van der Waals surface area contributed by atoms with E-state index in [0.29, 0.717) is 0 Å². The fourth-order valence-corrected chi connectivity index (χ4v) is 2.84. The van der Waals surface area contributed by atoms with Crippen LogP contribution in [0.2, 0.25) is 0 Å². The van der Waals surface area contributed by atoms with Gasteiger partial charge in [-0.2, -0.15) is 0 Å². The molecule has 3 rings (SSSR count). The van der Waals surface area contributed by atoms with E-state index >= 15 is 0 Å². The summed E-state index contributed by atoms with van der Waals surface area (Å²) in [6.07, 6.45) is -1.65. The second-order valence-electron chi connectivity index (χ2n) is 5.78. The molecule has 0 saturated carbocycles. The van der Waals surface area contributed by atoms with Crippen molar-refractivity contribution in [1.82, 2.24) is 4.90 Å². The Morgan fingerprint density at radius 1 is 1.22 bits per heavy atom. The van der Waals surface area contributed by atoms with Gasteiger partial charge in [0.15, 0.2) is 18.1 Å². The number of ether oxygens (including phenoxy) is 3. The number of allylic oxidation sites excluding steroid dienone is 1. The van der Waals surface area contributed by atoms with Crippen LogP contribution in [0, 0.1) is 0 Å². The fourth-order valence-electron chi connectivity index (χ4n) is 2.84. The van der Waals surface area contributed by atoms with Gasteiger partial charge in [0.25, 0.3) is 0 Å². The third-order valence-electron chi connectivity index (χ3n) is 3.96. The van der Waals surface area contributed by atoms with Crippen LogP contribution in [0.3, 0.4) is 0 Å². The van der Waals surface area contributed by atoms with Crippen molar-refractivity contribution in [2.45, 2.75) is 43.8 Å². The first-order valence-corrected chi connectivity index (χ1v) is 7.04. The number of ketones is 1. The van der Waals surface area contributed by atoms with Crippen molar-refractivity contribution in [2.24, 2.45) is 0 Å². The lowest BCUT2D eigenvalue weighted by Gasteiger charge is -2.35. The van der Waals surface area contributed by atoms with E-state index in [0.717, 1.165) is 4.90 Å². The van der Waals surface area contributed by atoms with E-state index in [9.17, 15) is 24.3 Å². The van der Waals surface area contributed by atoms with Crippen LogP contribution in [0.15, 0.2) is 12.3 Å². The number of amides is 1. The summed E-state index contributed by atoms with van der Waals surface area (Å²) >= 11 is 0. The SMILES string of the molecule is C[C@]1(O)C2OC(=O)CC(=O)OC[C@H]2O[C@H]1N1C=CC(=O)CC1=O. The molecule has 2 saturated heterocycles. The summed E-state index contributed by atoms with van der Waals surface area (Å²) in [5.74, 6) is -2.49. The van der Waals surface area contributed by atoms with Crippen LogP contribution in [0.4, 0.5) is 0 Å². The molecule has 1 N–H and O–H groups in total. The number of aliphatic hydroxyl groups is 1. The lowest BCUT2D eigenvalue weighted by atomic mass is 9.95. The molecule has 0 bridgehead atoms. The fraction of sp³-hybridized carbons (Fsp3) is 0.571. The van der Waals surface area contributed by atoms with Gasteiger partial charge < -0.3 is 19.3 Å². The second kappa shape index (κ2) is 5.43. The van der Waals surface area contributed by atoms with Gasteiger partial charge in [0.2, 0.25) is 5.91 Å². The number of cyclic esters (lactones) is 1. The van der Waals surface area contributed by atoms with Crippen LogP contribution in [0.1, 0.15) is 19.8 Å². The molecule has 0 aromatic carbocycles. The largest absolute Gasteiger partial charge is 0.462 e. The molecule has 3 aliphatic rings. The number of carbonyl (C=O) groups excluding carboxylic acids is 4. The summed E-state index contributed by atoms with van der Waals surface area (Å²) in [5, 5.41) is 10.7. The lowest BCUT2D eigenvalue weighted by molar-refractivity contribution is -0.176. The van der Waals surface area contributed by atoms with Crippen LogP contribution in [-0.2, 0) is 33.4 Å². The Labute approximate surface area is 130 Å². The maximum Gasteiger partial charge on any atom is 0.317 e. The van der Waals surface area contributed by atoms with Crippen LogP contribution in [0.25, 0.3) is 0 Å². The van der Waals surface area contributed by atoms with E-state index in [1.54, 1.807) is 0 Å². The zero-order valence-electron chi connectivity index (χ0n) is 12.3. The van der Waals surface area contributed by atoms with E-state index in [-0.39, 0.29) is 18.8 Å². The van der Waals surface area contributed by atoms with Crippen LogP contribution >= 0.6 is 0 Å². The highest BCUT2D eigenvalue weighted by Gasteiger charge is 2.59. The highest BCUT2D eigenvalue weighted by atomic mass is 16.6. The summed E-state index contributed by atoms with van der Waals surface area (Å²) in [4.78, 5) is 47.3. The Kier molecular flexibility index (Phi) is 3.69. The number of hydrogen-bond acceptors (Lipinski definition) is 8. The number of esters is 2. The summed E-state index contributed by atoms with van der Waals surface area (Å²) in [5.41, 5.74) is -1.73. The van der Waals surface area contributed by atoms with E-state index in [1.807, 2.05) is 0 Å². The maximum atomic E-state index is 12.0. The number of rotatable bonds is 1. The van der Waals surface area contributed by atoms with Crippen LogP contribution in [-0.4, -0.2) is 64.3 Å². The molecule has 0 radical (unpaired) electrons. The van der Waals surface area contributed by atoms with Gasteiger partial charge in [0, 0.05) is 6.20 Å². The summed E-state index contributed by atoms with van der Waals surface area (Å²) in [6, 6.07) is 0. The van der Waals surface area contributed by atoms with Crippen molar-refractivity contribution in [3.63, 3.8) is 0 Å². The van der Waals surface area contributed by atoms with Gasteiger partial charge in [0.1, 0.15) is 24.7 Å². The van der Waals surface area contributed by atoms with Gasteiger partial charge in [-0.25, -0.2) is 0 Å². The average Bonchev–Trinajstić information content (AvgIpc) is 2.67. The molecule has 0 spiro atoms. The monoisotopic (exact) mass is 325 g/mol. The second-order valence-corrected chi connectivity index (χ2v) is 5.78. The van der Waals surface area contributed by atoms with Crippen molar-refractivity contribution in [1.29, 1.82) is 0 Å². The highest BCUT2D eigenvalue weighted by Crippen LogP contribution is 2.37. The molecule has 2 fully saturated rings. The Morgan fingerprint density at radius 3 is 2.65 bits per heavy atom. The van der Waals surface area contributed by atoms with Gasteiger partial charge in [-0.05, 0) is 13.0 Å². The molecule has 9 heteroatoms. The third kappa shape index (κ3) is 2.73. The van der Waals surface area contributed by atoms with E-state index in [1.165, 1.54) is 19.2 Å². The van der Waals surface area contributed by atoms with Crippen molar-refractivity contribution >= 4 is 23.6 Å². The number of hydrogen-bond donors (Lipinski definition) is 1. The Balaban J connectivity index is 1.88. The Morgan fingerprint density at radius 2 is 1.96 bits per heavy atom. The topological polar surface area (TPSA) is 119 Å². The predicted octanol–water partition coefficient (Wildman–Crippen LogP) is -1.36. The highest BCUT2D eigenvalue weighted by molar-refractivity contribution is 6.06. The first-order valence-electron chi connectivity index (χ1n) is 7.04. The molecule has 9 nitrogen and oxygen atoms in total. The van der Waals surface area contributed by atoms with E-state index in [4.69, 9.17) is 14.2 Å². The van der Waals surface area contributed by atoms with Crippen molar-refractivity contribution < 1.29 is 38.5 Å². The van der Waals surface area contributed by atoms with Crippen LogP contribution in [0.5, 0.6) is 0 Å². The van der Waals surface area contributed by atoms with E-state index in [2.05, 4.69) is 0 Å². The number of carbonyl (C=O) groups is 4. The van der Waals surface area contributed by atoms with Gasteiger partial charge in [-0.1, -0.05) is 0 Å². The zero-order valence-corrected chi connectivity index (χ0v) is 12.3. The minimum absolute atomic E-state index is 0.214. The first kappa shape index (κ1) is 15.6. The normalized spacial score (nSPS) is 37.8. The zero-order chi connectivity index (χ0) is 16.8. The van der Waals surface area contributed by atoms with Gasteiger partial charge in [-0.3, -0.25) is 24.1 Å². The molecule has 0 aliphatic carbocycles. The molecule has 0 aromatic heterocycles. The van der Waals surface area contributed by atoms with Crippen LogP contribution < -0.4 is 0 Å². The third-order valence-corrected chi connectivity index (χ3v) is 3.96. The molecule has 3 heterocycles. The Bertz CT molecular complexity index is 610. The Hall–Kier alpha value is -2.26. The minimum Gasteiger partial charge on any atom is -0.462 e. The van der Waals surface area contributed by atoms with Crippen molar-refractivity contribution in [2.75, 3.05) is 6.61 Å². The molecule has 1 amide bonds. The number of fused-ring (bicyclic) bond motifs is 1. The molecule has 3 aliphatic heterocycles. The molecular formula is C14H15NO8. The van der Waals surface area contributed by atoms with Gasteiger partial charge >= 0.3 is 11.9 Å². The molecule has 4 atom stereocenters. The quantitative estimate of drug-likeness (QED) is 0.463. The molecule has 124 valence electrons. The lowest BCUT2D eigenvalue weighted by Crippen LogP contribution is -2.55. The van der Waals surface area contributed by atoms with Gasteiger partial charge in [0.05, 0.1) is 6.42 Å². The average molecular weight is 325 g/mol. The molecule has 23 heavy (non-hydrogen) atoms. The number of nitrogens with zero attached hydrogens (tertiary/aromatic N) is 1. The van der Waals surface area contributed by atoms with Crippen molar-refractivity contribution in [3.8, 4) is 0 Å². The van der Waals surface area contributed by atoms with Gasteiger partial charge in [-0.15, -0.1) is 0 Å². The summed E-state index contributed by atoms with van der Waals surface area (Å²) in [6.45, 7) is 1.14. The maximum absolute atomic E-state index is 12.0. The first-order chi connectivity index (χ1) is 10.8. The predicted molar refractivity (Wildman–Crippen MR) is 70.4 cm³/mol. The minimum atomic E-state index is -1.73. The summed E-state index contributed by atoms with van der Waals surface area (Å²) in [7, 11) is 0. The molecule has 1 unspecified atom stereocenters. The van der Waals surface area contributed by atoms with Crippen molar-refractivity contribution in [3.05, 3.63) is 12.3 Å². The standard InChI is InChI=1S/C14H15NO8/c1-14(20)12-8(6-21-10(18)5-11(19)23-12)22-13(14)15-3-2-7(16)4-9(15)17/h2-3,8,12-13,20H,4-6H2,1H3/t8-,12?,13-,14+/m1/s1. The smallest absolute Gasteiger partial charge is 0.317 e. The molecule has 0 aromatic rings.